The highest BCUT2D eigenvalue weighted by atomic mass is 79.9. The zero-order chi connectivity index (χ0) is 12.6. The van der Waals surface area contributed by atoms with Gasteiger partial charge in [-0.15, -0.1) is 0 Å². The quantitative estimate of drug-likeness (QED) is 0.928. The van der Waals surface area contributed by atoms with Crippen molar-refractivity contribution in [3.8, 4) is 5.75 Å². The summed E-state index contributed by atoms with van der Waals surface area (Å²) >= 11 is 3.17. The number of alkyl halides is 2. The van der Waals surface area contributed by atoms with E-state index in [1.165, 1.54) is 39.2 Å². The fraction of sp³-hybridized carbons (Fsp3) is 0.455. The van der Waals surface area contributed by atoms with Gasteiger partial charge >= 0.3 is 0 Å². The summed E-state index contributed by atoms with van der Waals surface area (Å²) in [6.07, 6.45) is 0. The zero-order valence-corrected chi connectivity index (χ0v) is 10.9. The lowest BCUT2D eigenvalue weighted by Crippen LogP contribution is -2.48. The third-order valence-electron chi connectivity index (χ3n) is 2.32. The van der Waals surface area contributed by atoms with Gasteiger partial charge < -0.3 is 10.5 Å². The summed E-state index contributed by atoms with van der Waals surface area (Å²) in [4.78, 5) is 0. The lowest BCUT2D eigenvalue weighted by Gasteiger charge is -2.30. The first-order valence-electron chi connectivity index (χ1n) is 4.71. The molecule has 0 atom stereocenters. The first kappa shape index (κ1) is 13.4. The Morgan fingerprint density at radius 2 is 1.88 bits per heavy atom. The Hall–Kier alpha value is -0.680. The molecule has 2 N–H and O–H groups in total. The lowest BCUT2D eigenvalue weighted by molar-refractivity contribution is -0.0673. The molecule has 0 heterocycles. The molecule has 1 aromatic rings. The van der Waals surface area contributed by atoms with Gasteiger partial charge in [0.25, 0.3) is 5.92 Å². The van der Waals surface area contributed by atoms with Crippen molar-refractivity contribution in [2.24, 2.45) is 5.73 Å². The van der Waals surface area contributed by atoms with Crippen LogP contribution in [-0.4, -0.2) is 12.6 Å². The second kappa shape index (κ2) is 4.30. The van der Waals surface area contributed by atoms with Crippen molar-refractivity contribution in [2.45, 2.75) is 25.3 Å². The molecular formula is C11H14BrF2NO. The summed E-state index contributed by atoms with van der Waals surface area (Å²) in [6.45, 7) is 2.59. The van der Waals surface area contributed by atoms with Crippen LogP contribution in [0, 0.1) is 0 Å². The minimum atomic E-state index is -3.10. The van der Waals surface area contributed by atoms with E-state index in [0.29, 0.717) is 10.2 Å². The third-order valence-corrected chi connectivity index (χ3v) is 2.94. The van der Waals surface area contributed by atoms with Crippen LogP contribution in [-0.2, 0) is 5.92 Å². The SMILES string of the molecule is COc1ccc(C(F)(F)C(C)(C)N)cc1Br. The Kier molecular flexibility index (Phi) is 3.59. The number of nitrogens with two attached hydrogens (primary N) is 1. The molecule has 0 spiro atoms. The predicted molar refractivity (Wildman–Crippen MR) is 62.9 cm³/mol. The van der Waals surface area contributed by atoms with Crippen molar-refractivity contribution in [1.82, 2.24) is 0 Å². The molecular weight excluding hydrogens is 280 g/mol. The Labute approximate surface area is 102 Å². The number of ether oxygens (including phenoxy) is 1. The molecule has 0 aromatic heterocycles. The Bertz CT molecular complexity index is 388. The summed E-state index contributed by atoms with van der Waals surface area (Å²) in [5.74, 6) is -2.59. The number of halogens is 3. The number of hydrogen-bond donors (Lipinski definition) is 1. The van der Waals surface area contributed by atoms with Crippen LogP contribution in [0.2, 0.25) is 0 Å². The molecule has 0 bridgehead atoms. The number of benzene rings is 1. The van der Waals surface area contributed by atoms with Crippen LogP contribution in [0.3, 0.4) is 0 Å². The number of hydrogen-bond acceptors (Lipinski definition) is 2. The van der Waals surface area contributed by atoms with Crippen molar-refractivity contribution in [1.29, 1.82) is 0 Å². The highest BCUT2D eigenvalue weighted by Gasteiger charge is 2.45. The molecule has 0 saturated carbocycles. The van der Waals surface area contributed by atoms with Crippen LogP contribution >= 0.6 is 15.9 Å². The van der Waals surface area contributed by atoms with E-state index in [2.05, 4.69) is 15.9 Å². The summed E-state index contributed by atoms with van der Waals surface area (Å²) in [5.41, 5.74) is 3.73. The normalized spacial score (nSPS) is 12.7. The Morgan fingerprint density at radius 3 is 2.25 bits per heavy atom. The van der Waals surface area contributed by atoms with E-state index >= 15 is 0 Å². The molecule has 0 aliphatic carbocycles. The van der Waals surface area contributed by atoms with Gasteiger partial charge in [-0.3, -0.25) is 0 Å². The van der Waals surface area contributed by atoms with Crippen molar-refractivity contribution < 1.29 is 13.5 Å². The minimum absolute atomic E-state index is 0.132. The van der Waals surface area contributed by atoms with Crippen molar-refractivity contribution in [2.75, 3.05) is 7.11 Å². The van der Waals surface area contributed by atoms with E-state index in [1.807, 2.05) is 0 Å². The maximum absolute atomic E-state index is 13.9. The predicted octanol–water partition coefficient (Wildman–Crippen LogP) is 3.29. The van der Waals surface area contributed by atoms with Crippen molar-refractivity contribution in [3.63, 3.8) is 0 Å². The van der Waals surface area contributed by atoms with Gasteiger partial charge in [0, 0.05) is 5.56 Å². The molecule has 2 nitrogen and oxygen atoms in total. The van der Waals surface area contributed by atoms with Crippen LogP contribution < -0.4 is 10.5 Å². The van der Waals surface area contributed by atoms with Gasteiger partial charge in [-0.25, -0.2) is 0 Å². The summed E-state index contributed by atoms with van der Waals surface area (Å²) in [6, 6.07) is 4.13. The van der Waals surface area contributed by atoms with E-state index in [9.17, 15) is 8.78 Å². The summed E-state index contributed by atoms with van der Waals surface area (Å²) in [7, 11) is 1.48. The fourth-order valence-corrected chi connectivity index (χ4v) is 1.77. The van der Waals surface area contributed by atoms with E-state index in [1.54, 1.807) is 0 Å². The second-order valence-electron chi connectivity index (χ2n) is 4.15. The van der Waals surface area contributed by atoms with Crippen LogP contribution in [0.4, 0.5) is 8.78 Å². The molecule has 1 aromatic carbocycles. The van der Waals surface area contributed by atoms with Gasteiger partial charge in [-0.2, -0.15) is 8.78 Å². The largest absolute Gasteiger partial charge is 0.496 e. The number of methoxy groups -OCH3 is 1. The Balaban J connectivity index is 3.20. The molecule has 1 rings (SSSR count). The van der Waals surface area contributed by atoms with Crippen LogP contribution in [0.1, 0.15) is 19.4 Å². The van der Waals surface area contributed by atoms with Crippen LogP contribution in [0.5, 0.6) is 5.75 Å². The molecule has 0 aliphatic rings. The van der Waals surface area contributed by atoms with E-state index in [0.717, 1.165) is 0 Å². The molecule has 0 saturated heterocycles. The zero-order valence-electron chi connectivity index (χ0n) is 9.35. The lowest BCUT2D eigenvalue weighted by atomic mass is 9.91. The van der Waals surface area contributed by atoms with E-state index < -0.39 is 11.5 Å². The van der Waals surface area contributed by atoms with Crippen LogP contribution in [0.25, 0.3) is 0 Å². The standard InChI is InChI=1S/C11H14BrF2NO/c1-10(2,15)11(13,14)7-4-5-9(16-3)8(12)6-7/h4-6H,15H2,1-3H3. The van der Waals surface area contributed by atoms with Crippen LogP contribution in [0.15, 0.2) is 22.7 Å². The van der Waals surface area contributed by atoms with Gasteiger partial charge in [0.1, 0.15) is 5.75 Å². The topological polar surface area (TPSA) is 35.2 Å². The van der Waals surface area contributed by atoms with Crippen molar-refractivity contribution >= 4 is 15.9 Å². The molecule has 90 valence electrons. The average Bonchev–Trinajstić information content (AvgIpc) is 2.15. The van der Waals surface area contributed by atoms with Gasteiger partial charge in [0.05, 0.1) is 17.1 Å². The molecule has 0 radical (unpaired) electrons. The maximum Gasteiger partial charge on any atom is 0.290 e. The molecule has 5 heteroatoms. The Morgan fingerprint density at radius 1 is 1.31 bits per heavy atom. The summed E-state index contributed by atoms with van der Waals surface area (Å²) in [5, 5.41) is 0. The first-order valence-corrected chi connectivity index (χ1v) is 5.50. The summed E-state index contributed by atoms with van der Waals surface area (Å²) < 4.78 is 33.2. The van der Waals surface area contributed by atoms with Crippen molar-refractivity contribution in [3.05, 3.63) is 28.2 Å². The van der Waals surface area contributed by atoms with E-state index in [-0.39, 0.29) is 5.56 Å². The van der Waals surface area contributed by atoms with Gasteiger partial charge in [0.2, 0.25) is 0 Å². The van der Waals surface area contributed by atoms with E-state index in [4.69, 9.17) is 10.5 Å². The van der Waals surface area contributed by atoms with Gasteiger partial charge in [0.15, 0.2) is 0 Å². The second-order valence-corrected chi connectivity index (χ2v) is 5.00. The highest BCUT2D eigenvalue weighted by Crippen LogP contribution is 2.39. The smallest absolute Gasteiger partial charge is 0.290 e. The molecule has 0 fully saturated rings. The molecule has 0 amide bonds. The monoisotopic (exact) mass is 293 g/mol. The van der Waals surface area contributed by atoms with Gasteiger partial charge in [-0.05, 0) is 48.0 Å². The fourth-order valence-electron chi connectivity index (χ4n) is 1.23. The highest BCUT2D eigenvalue weighted by molar-refractivity contribution is 9.10. The molecule has 16 heavy (non-hydrogen) atoms. The molecule has 0 aliphatic heterocycles. The third kappa shape index (κ3) is 2.35. The number of rotatable bonds is 3. The average molecular weight is 294 g/mol. The first-order chi connectivity index (χ1) is 7.20. The minimum Gasteiger partial charge on any atom is -0.496 e. The maximum atomic E-state index is 13.9. The molecule has 0 unspecified atom stereocenters. The van der Waals surface area contributed by atoms with Gasteiger partial charge in [-0.1, -0.05) is 0 Å².